The second kappa shape index (κ2) is 4.19. The lowest BCUT2D eigenvalue weighted by molar-refractivity contribution is 0.0592. The van der Waals surface area contributed by atoms with Crippen molar-refractivity contribution >= 4 is 22.8 Å². The van der Waals surface area contributed by atoms with Gasteiger partial charge in [0.25, 0.3) is 5.24 Å². The Hall–Kier alpha value is -1.42. The number of methoxy groups -OCH3 is 1. The van der Waals surface area contributed by atoms with E-state index in [2.05, 4.69) is 4.74 Å². The summed E-state index contributed by atoms with van der Waals surface area (Å²) < 4.78 is 17.5. The van der Waals surface area contributed by atoms with E-state index < -0.39 is 22.6 Å². The number of hydrogen-bond acceptors (Lipinski definition) is 3. The van der Waals surface area contributed by atoms with Crippen molar-refractivity contribution < 1.29 is 18.7 Å². The molecule has 0 heterocycles. The van der Waals surface area contributed by atoms with E-state index >= 15 is 0 Å². The van der Waals surface area contributed by atoms with E-state index in [1.54, 1.807) is 0 Å². The van der Waals surface area contributed by atoms with Gasteiger partial charge in [0, 0.05) is 0 Å². The summed E-state index contributed by atoms with van der Waals surface area (Å²) in [6.07, 6.45) is 0. The molecule has 0 aliphatic rings. The summed E-state index contributed by atoms with van der Waals surface area (Å²) in [5, 5.41) is -0.898. The van der Waals surface area contributed by atoms with Crippen molar-refractivity contribution in [3.63, 3.8) is 0 Å². The zero-order valence-electron chi connectivity index (χ0n) is 7.21. The summed E-state index contributed by atoms with van der Waals surface area (Å²) in [6, 6.07) is 3.59. The maximum Gasteiger partial charge on any atom is 0.341 e. The SMILES string of the molecule is COC(=O)c1c(F)cccc1C(=O)Cl. The molecule has 0 spiro atoms. The molecule has 0 aliphatic carbocycles. The molecule has 74 valence electrons. The topological polar surface area (TPSA) is 43.4 Å². The van der Waals surface area contributed by atoms with Crippen LogP contribution < -0.4 is 0 Å². The van der Waals surface area contributed by atoms with Crippen LogP contribution in [0.15, 0.2) is 18.2 Å². The summed E-state index contributed by atoms with van der Waals surface area (Å²) in [6.45, 7) is 0. The molecule has 0 saturated carbocycles. The number of rotatable bonds is 2. The Bertz CT molecular complexity index is 390. The lowest BCUT2D eigenvalue weighted by atomic mass is 10.1. The number of carbonyl (C=O) groups excluding carboxylic acids is 2. The molecule has 0 N–H and O–H groups in total. The van der Waals surface area contributed by atoms with Gasteiger partial charge < -0.3 is 4.74 Å². The molecular formula is C9H6ClFO3. The van der Waals surface area contributed by atoms with Crippen LogP contribution in [0.25, 0.3) is 0 Å². The molecule has 1 aromatic carbocycles. The minimum absolute atomic E-state index is 0.196. The van der Waals surface area contributed by atoms with Crippen molar-refractivity contribution in [2.24, 2.45) is 0 Å². The van der Waals surface area contributed by atoms with Crippen LogP contribution in [0.1, 0.15) is 20.7 Å². The van der Waals surface area contributed by atoms with Gasteiger partial charge in [0.05, 0.1) is 12.7 Å². The van der Waals surface area contributed by atoms with Crippen LogP contribution in [-0.2, 0) is 4.74 Å². The van der Waals surface area contributed by atoms with Crippen LogP contribution in [0.2, 0.25) is 0 Å². The molecule has 0 bridgehead atoms. The molecule has 0 atom stereocenters. The monoisotopic (exact) mass is 216 g/mol. The fourth-order valence-corrected chi connectivity index (χ4v) is 1.15. The molecule has 14 heavy (non-hydrogen) atoms. The van der Waals surface area contributed by atoms with Crippen molar-refractivity contribution in [3.05, 3.63) is 35.1 Å². The molecular weight excluding hydrogens is 211 g/mol. The highest BCUT2D eigenvalue weighted by atomic mass is 35.5. The van der Waals surface area contributed by atoms with Crippen LogP contribution >= 0.6 is 11.6 Å². The Labute approximate surface area is 84.4 Å². The van der Waals surface area contributed by atoms with Crippen LogP contribution in [0.5, 0.6) is 0 Å². The maximum atomic E-state index is 13.1. The second-order valence-corrected chi connectivity index (χ2v) is 2.77. The van der Waals surface area contributed by atoms with Crippen LogP contribution in [-0.4, -0.2) is 18.3 Å². The summed E-state index contributed by atoms with van der Waals surface area (Å²) in [5.41, 5.74) is -0.631. The molecule has 0 aromatic heterocycles. The molecule has 0 saturated heterocycles. The number of halogens is 2. The number of ether oxygens (including phenoxy) is 1. The Morgan fingerprint density at radius 2 is 2.07 bits per heavy atom. The third kappa shape index (κ3) is 1.90. The quantitative estimate of drug-likeness (QED) is 0.561. The third-order valence-corrected chi connectivity index (χ3v) is 1.82. The highest BCUT2D eigenvalue weighted by molar-refractivity contribution is 6.68. The fraction of sp³-hybridized carbons (Fsp3) is 0.111. The smallest absolute Gasteiger partial charge is 0.341 e. The van der Waals surface area contributed by atoms with Crippen molar-refractivity contribution in [3.8, 4) is 0 Å². The van der Waals surface area contributed by atoms with Gasteiger partial charge in [-0.15, -0.1) is 0 Å². The predicted octanol–water partition coefficient (Wildman–Crippen LogP) is 1.99. The first-order valence-corrected chi connectivity index (χ1v) is 4.02. The average molecular weight is 217 g/mol. The lowest BCUT2D eigenvalue weighted by Crippen LogP contribution is -2.10. The number of benzene rings is 1. The first-order valence-electron chi connectivity index (χ1n) is 3.64. The van der Waals surface area contributed by atoms with Gasteiger partial charge in [0.15, 0.2) is 0 Å². The van der Waals surface area contributed by atoms with E-state index in [0.29, 0.717) is 0 Å². The van der Waals surface area contributed by atoms with Crippen LogP contribution in [0.4, 0.5) is 4.39 Å². The Balaban J connectivity index is 3.36. The summed E-state index contributed by atoms with van der Waals surface area (Å²) >= 11 is 5.17. The van der Waals surface area contributed by atoms with Crippen molar-refractivity contribution in [1.82, 2.24) is 0 Å². The molecule has 1 aromatic rings. The third-order valence-electron chi connectivity index (χ3n) is 1.61. The largest absolute Gasteiger partial charge is 0.465 e. The standard InChI is InChI=1S/C9H6ClFO3/c1-14-9(13)7-5(8(10)12)3-2-4-6(7)11/h2-4H,1H3. The van der Waals surface area contributed by atoms with Crippen molar-refractivity contribution in [1.29, 1.82) is 0 Å². The van der Waals surface area contributed by atoms with Gasteiger partial charge in [0.2, 0.25) is 0 Å². The van der Waals surface area contributed by atoms with Crippen molar-refractivity contribution in [2.75, 3.05) is 7.11 Å². The van der Waals surface area contributed by atoms with Gasteiger partial charge in [-0.3, -0.25) is 4.79 Å². The fourth-order valence-electron chi connectivity index (χ4n) is 0.997. The van der Waals surface area contributed by atoms with Crippen LogP contribution in [0, 0.1) is 5.82 Å². The zero-order chi connectivity index (χ0) is 10.7. The highest BCUT2D eigenvalue weighted by Crippen LogP contribution is 2.16. The number of hydrogen-bond donors (Lipinski definition) is 0. The first-order chi connectivity index (χ1) is 6.57. The second-order valence-electron chi connectivity index (χ2n) is 2.43. The molecule has 0 unspecified atom stereocenters. The minimum atomic E-state index is -0.924. The van der Waals surface area contributed by atoms with Gasteiger partial charge in [-0.2, -0.15) is 0 Å². The van der Waals surface area contributed by atoms with Gasteiger partial charge in [-0.1, -0.05) is 6.07 Å². The van der Waals surface area contributed by atoms with Crippen LogP contribution in [0.3, 0.4) is 0 Å². The van der Waals surface area contributed by atoms with Gasteiger partial charge >= 0.3 is 5.97 Å². The average Bonchev–Trinajstić information content (AvgIpc) is 2.16. The normalized spacial score (nSPS) is 9.64. The number of carbonyl (C=O) groups is 2. The summed E-state index contributed by atoms with van der Waals surface area (Å²) in [4.78, 5) is 21.9. The van der Waals surface area contributed by atoms with E-state index in [0.717, 1.165) is 13.2 Å². The summed E-state index contributed by atoms with van der Waals surface area (Å²) in [5.74, 6) is -1.75. The zero-order valence-corrected chi connectivity index (χ0v) is 7.97. The molecule has 5 heteroatoms. The molecule has 0 radical (unpaired) electrons. The Kier molecular flexibility index (Phi) is 3.19. The van der Waals surface area contributed by atoms with Crippen molar-refractivity contribution in [2.45, 2.75) is 0 Å². The van der Waals surface area contributed by atoms with Gasteiger partial charge in [-0.05, 0) is 23.7 Å². The minimum Gasteiger partial charge on any atom is -0.465 e. The summed E-state index contributed by atoms with van der Waals surface area (Å²) in [7, 11) is 1.09. The Morgan fingerprint density at radius 3 is 2.57 bits per heavy atom. The van der Waals surface area contributed by atoms with E-state index in [1.807, 2.05) is 0 Å². The first kappa shape index (κ1) is 10.7. The molecule has 0 amide bonds. The van der Waals surface area contributed by atoms with E-state index in [1.165, 1.54) is 12.1 Å². The Morgan fingerprint density at radius 1 is 1.43 bits per heavy atom. The highest BCUT2D eigenvalue weighted by Gasteiger charge is 2.20. The van der Waals surface area contributed by atoms with Gasteiger partial charge in [-0.25, -0.2) is 9.18 Å². The van der Waals surface area contributed by atoms with Gasteiger partial charge in [0.1, 0.15) is 11.4 Å². The van der Waals surface area contributed by atoms with E-state index in [9.17, 15) is 14.0 Å². The maximum absolute atomic E-state index is 13.1. The molecule has 0 fully saturated rings. The molecule has 1 rings (SSSR count). The van der Waals surface area contributed by atoms with E-state index in [-0.39, 0.29) is 5.56 Å². The molecule has 3 nitrogen and oxygen atoms in total. The lowest BCUT2D eigenvalue weighted by Gasteiger charge is -2.04. The number of esters is 1. The molecule has 0 aliphatic heterocycles. The predicted molar refractivity (Wildman–Crippen MR) is 47.9 cm³/mol. The van der Waals surface area contributed by atoms with E-state index in [4.69, 9.17) is 11.6 Å².